The Labute approximate surface area is 118 Å². The Morgan fingerprint density at radius 1 is 0.684 bits per heavy atom. The maximum Gasteiger partial charge on any atom is 0.0463 e. The van der Waals surface area contributed by atoms with Crippen molar-refractivity contribution >= 4 is 40.6 Å². The summed E-state index contributed by atoms with van der Waals surface area (Å²) in [6.07, 6.45) is 0. The molecule has 0 bridgehead atoms. The minimum absolute atomic E-state index is 0.979. The average molecular weight is 266 g/mol. The molecule has 0 aliphatic rings. The molecule has 0 aliphatic carbocycles. The number of benzene rings is 3. The Bertz CT molecular complexity index is 687. The van der Waals surface area contributed by atoms with E-state index < -0.39 is 0 Å². The van der Waals surface area contributed by atoms with E-state index in [1.807, 2.05) is 24.3 Å². The molecule has 0 aromatic heterocycles. The highest BCUT2D eigenvalue weighted by Crippen LogP contribution is 2.26. The van der Waals surface area contributed by atoms with Gasteiger partial charge >= 0.3 is 0 Å². The highest BCUT2D eigenvalue weighted by Gasteiger charge is 2.00. The summed E-state index contributed by atoms with van der Waals surface area (Å²) in [6.45, 7) is 0. The van der Waals surface area contributed by atoms with Crippen molar-refractivity contribution in [2.24, 2.45) is 0 Å². The molecule has 2 N–H and O–H groups in total. The summed E-state index contributed by atoms with van der Waals surface area (Å²) < 4.78 is 2.81. The van der Waals surface area contributed by atoms with E-state index in [4.69, 9.17) is 0 Å². The van der Waals surface area contributed by atoms with Gasteiger partial charge in [-0.1, -0.05) is 49.2 Å². The quantitative estimate of drug-likeness (QED) is 0.591. The van der Waals surface area contributed by atoms with Gasteiger partial charge in [0.15, 0.2) is 0 Å². The third kappa shape index (κ3) is 2.51. The van der Waals surface area contributed by atoms with Crippen LogP contribution in [-0.4, -0.2) is 0 Å². The van der Waals surface area contributed by atoms with Gasteiger partial charge in [-0.25, -0.2) is 0 Å². The fraction of sp³-hybridized carbons (Fsp3) is 0. The summed E-state index contributed by atoms with van der Waals surface area (Å²) in [5.41, 5.74) is 3.15. The summed E-state index contributed by atoms with van der Waals surface area (Å²) >= 11 is 4.02. The second kappa shape index (κ2) is 5.24. The van der Waals surface area contributed by atoms with Gasteiger partial charge in [0, 0.05) is 22.4 Å². The van der Waals surface area contributed by atoms with E-state index in [0.29, 0.717) is 0 Å². The molecular formula is C16H14N2S. The van der Waals surface area contributed by atoms with Crippen LogP contribution in [0.3, 0.4) is 0 Å². The van der Waals surface area contributed by atoms with Crippen molar-refractivity contribution in [3.63, 3.8) is 0 Å². The van der Waals surface area contributed by atoms with Gasteiger partial charge in [-0.2, -0.15) is 0 Å². The Morgan fingerprint density at radius 3 is 2.16 bits per heavy atom. The van der Waals surface area contributed by atoms with E-state index >= 15 is 0 Å². The summed E-state index contributed by atoms with van der Waals surface area (Å²) in [6, 6.07) is 22.7. The highest BCUT2D eigenvalue weighted by atomic mass is 32.1. The molecule has 3 aromatic rings. The van der Waals surface area contributed by atoms with E-state index in [1.54, 1.807) is 0 Å². The molecule has 0 amide bonds. The Morgan fingerprint density at radius 2 is 1.37 bits per heavy atom. The molecule has 0 aliphatic heterocycles. The van der Waals surface area contributed by atoms with Gasteiger partial charge in [-0.15, -0.1) is 0 Å². The van der Waals surface area contributed by atoms with E-state index in [2.05, 4.69) is 65.3 Å². The number of thiol groups is 1. The topological polar surface area (TPSA) is 24.1 Å². The normalized spacial score (nSPS) is 10.4. The molecule has 0 spiro atoms. The summed E-state index contributed by atoms with van der Waals surface area (Å²) in [4.78, 5) is 0. The predicted octanol–water partition coefficient (Wildman–Crippen LogP) is 4.84. The summed E-state index contributed by atoms with van der Waals surface area (Å²) in [5.74, 6) is 0. The van der Waals surface area contributed by atoms with Crippen LogP contribution >= 0.6 is 12.8 Å². The molecule has 2 nitrogen and oxygen atoms in total. The first-order valence-corrected chi connectivity index (χ1v) is 6.56. The molecular weight excluding hydrogens is 252 g/mol. The Balaban J connectivity index is 1.96. The van der Waals surface area contributed by atoms with Gasteiger partial charge in [0.2, 0.25) is 0 Å². The minimum Gasteiger partial charge on any atom is -0.355 e. The lowest BCUT2D eigenvalue weighted by atomic mass is 10.1. The van der Waals surface area contributed by atoms with E-state index in [9.17, 15) is 0 Å². The smallest absolute Gasteiger partial charge is 0.0463 e. The SMILES string of the molecule is SNc1ccc(Nc2cccc3ccccc23)cc1. The van der Waals surface area contributed by atoms with Crippen molar-refractivity contribution in [1.82, 2.24) is 0 Å². The molecule has 3 aromatic carbocycles. The van der Waals surface area contributed by atoms with Crippen LogP contribution in [0.15, 0.2) is 66.7 Å². The Hall–Kier alpha value is -2.13. The molecule has 0 unspecified atom stereocenters. The zero-order chi connectivity index (χ0) is 13.1. The van der Waals surface area contributed by atoms with Crippen LogP contribution in [0.4, 0.5) is 17.1 Å². The van der Waals surface area contributed by atoms with Gasteiger partial charge in [0.1, 0.15) is 0 Å². The predicted molar refractivity (Wildman–Crippen MR) is 86.3 cm³/mol. The van der Waals surface area contributed by atoms with Crippen molar-refractivity contribution in [2.75, 3.05) is 10.0 Å². The minimum atomic E-state index is 0.979. The summed E-state index contributed by atoms with van der Waals surface area (Å²) in [5, 5.41) is 5.91. The van der Waals surface area contributed by atoms with Crippen molar-refractivity contribution in [3.8, 4) is 0 Å². The van der Waals surface area contributed by atoms with E-state index in [1.165, 1.54) is 10.8 Å². The van der Waals surface area contributed by atoms with E-state index in [0.717, 1.165) is 17.1 Å². The fourth-order valence-electron chi connectivity index (χ4n) is 2.12. The zero-order valence-electron chi connectivity index (χ0n) is 10.3. The first kappa shape index (κ1) is 11.9. The third-order valence-corrected chi connectivity index (χ3v) is 3.34. The average Bonchev–Trinajstić information content (AvgIpc) is 2.48. The molecule has 0 saturated heterocycles. The molecule has 0 heterocycles. The number of fused-ring (bicyclic) bond motifs is 1. The molecule has 94 valence electrons. The Kier molecular flexibility index (Phi) is 3.29. The van der Waals surface area contributed by atoms with Gasteiger partial charge in [-0.3, -0.25) is 0 Å². The van der Waals surface area contributed by atoms with E-state index in [-0.39, 0.29) is 0 Å². The van der Waals surface area contributed by atoms with Crippen molar-refractivity contribution < 1.29 is 0 Å². The number of nitrogens with one attached hydrogen (secondary N) is 2. The van der Waals surface area contributed by atoms with Crippen molar-refractivity contribution in [2.45, 2.75) is 0 Å². The lowest BCUT2D eigenvalue weighted by Gasteiger charge is -2.10. The molecule has 0 radical (unpaired) electrons. The fourth-order valence-corrected chi connectivity index (χ4v) is 2.27. The van der Waals surface area contributed by atoms with Gasteiger partial charge < -0.3 is 10.0 Å². The van der Waals surface area contributed by atoms with Crippen LogP contribution in [0, 0.1) is 0 Å². The number of rotatable bonds is 3. The maximum atomic E-state index is 4.02. The second-order valence-electron chi connectivity index (χ2n) is 4.34. The van der Waals surface area contributed by atoms with Gasteiger partial charge in [0.25, 0.3) is 0 Å². The molecule has 3 rings (SSSR count). The second-order valence-corrected chi connectivity index (χ2v) is 4.56. The summed E-state index contributed by atoms with van der Waals surface area (Å²) in [7, 11) is 0. The largest absolute Gasteiger partial charge is 0.355 e. The molecule has 0 saturated carbocycles. The monoisotopic (exact) mass is 266 g/mol. The van der Waals surface area contributed by atoms with Crippen LogP contribution in [0.25, 0.3) is 10.8 Å². The third-order valence-electron chi connectivity index (χ3n) is 3.08. The lowest BCUT2D eigenvalue weighted by molar-refractivity contribution is 1.57. The van der Waals surface area contributed by atoms with Gasteiger partial charge in [0.05, 0.1) is 0 Å². The van der Waals surface area contributed by atoms with Crippen molar-refractivity contribution in [3.05, 3.63) is 66.7 Å². The molecule has 0 atom stereocenters. The molecule has 19 heavy (non-hydrogen) atoms. The molecule has 0 fully saturated rings. The first-order valence-electron chi connectivity index (χ1n) is 6.12. The standard InChI is InChI=1S/C16H14N2S/c19-18-14-10-8-13(9-11-14)17-16-7-3-5-12-4-1-2-6-15(12)16/h1-11,17-19H. The number of hydrogen-bond donors (Lipinski definition) is 3. The van der Waals surface area contributed by atoms with Crippen LogP contribution in [0.2, 0.25) is 0 Å². The zero-order valence-corrected chi connectivity index (χ0v) is 11.2. The number of hydrogen-bond acceptors (Lipinski definition) is 3. The maximum absolute atomic E-state index is 4.02. The van der Waals surface area contributed by atoms with Crippen LogP contribution in [-0.2, 0) is 0 Å². The lowest BCUT2D eigenvalue weighted by Crippen LogP contribution is -1.91. The van der Waals surface area contributed by atoms with Crippen molar-refractivity contribution in [1.29, 1.82) is 0 Å². The molecule has 3 heteroatoms. The van der Waals surface area contributed by atoms with Crippen LogP contribution < -0.4 is 10.0 Å². The van der Waals surface area contributed by atoms with Crippen LogP contribution in [0.5, 0.6) is 0 Å². The van der Waals surface area contributed by atoms with Gasteiger partial charge in [-0.05, 0) is 35.7 Å². The first-order chi connectivity index (χ1) is 9.36. The van der Waals surface area contributed by atoms with Crippen LogP contribution in [0.1, 0.15) is 0 Å². The number of anilines is 3. The highest BCUT2D eigenvalue weighted by molar-refractivity contribution is 7.81.